The molecular weight excluding hydrogens is 426 g/mol. The number of amides is 2. The molecule has 34 heavy (non-hydrogen) atoms. The summed E-state index contributed by atoms with van der Waals surface area (Å²) in [6.45, 7) is 7.55. The normalized spacial score (nSPS) is 13.5. The van der Waals surface area contributed by atoms with Crippen molar-refractivity contribution in [1.82, 2.24) is 4.90 Å². The van der Waals surface area contributed by atoms with Crippen molar-refractivity contribution in [1.29, 1.82) is 0 Å². The van der Waals surface area contributed by atoms with Crippen molar-refractivity contribution in [3.8, 4) is 5.75 Å². The minimum absolute atomic E-state index is 0.0923. The van der Waals surface area contributed by atoms with Crippen molar-refractivity contribution in [3.05, 3.63) is 89.5 Å². The fraction of sp³-hybridized carbons (Fsp3) is 0.286. The van der Waals surface area contributed by atoms with E-state index < -0.39 is 0 Å². The molecule has 1 N–H and O–H groups in total. The molecule has 0 bridgehead atoms. The van der Waals surface area contributed by atoms with Gasteiger partial charge in [-0.25, -0.2) is 0 Å². The fourth-order valence-electron chi connectivity index (χ4n) is 4.06. The average Bonchev–Trinajstić information content (AvgIpc) is 2.89. The van der Waals surface area contributed by atoms with E-state index in [0.29, 0.717) is 25.3 Å². The summed E-state index contributed by atoms with van der Waals surface area (Å²) in [5, 5.41) is 2.94. The molecule has 3 aromatic rings. The molecule has 1 aliphatic rings. The summed E-state index contributed by atoms with van der Waals surface area (Å²) in [6.07, 6.45) is 0.969. The van der Waals surface area contributed by atoms with Crippen LogP contribution in [0.4, 0.5) is 11.4 Å². The fourth-order valence-corrected chi connectivity index (χ4v) is 4.06. The average molecular weight is 458 g/mol. The first kappa shape index (κ1) is 23.4. The number of carbonyl (C=O) groups is 2. The lowest BCUT2D eigenvalue weighted by Crippen LogP contribution is -2.48. The predicted octanol–water partition coefficient (Wildman–Crippen LogP) is 4.86. The summed E-state index contributed by atoms with van der Waals surface area (Å²) in [5.74, 6) is 0.684. The molecule has 3 aromatic carbocycles. The molecule has 6 heteroatoms. The molecule has 0 aromatic heterocycles. The zero-order valence-electron chi connectivity index (χ0n) is 19.8. The van der Waals surface area contributed by atoms with E-state index in [1.165, 1.54) is 5.56 Å². The Morgan fingerprint density at radius 2 is 1.41 bits per heavy atom. The number of rotatable bonds is 7. The van der Waals surface area contributed by atoms with Gasteiger partial charge in [0.25, 0.3) is 11.8 Å². The highest BCUT2D eigenvalue weighted by molar-refractivity contribution is 6.04. The van der Waals surface area contributed by atoms with E-state index >= 15 is 0 Å². The lowest BCUT2D eigenvalue weighted by molar-refractivity contribution is 0.0746. The summed E-state index contributed by atoms with van der Waals surface area (Å²) in [6, 6.07) is 22.9. The van der Waals surface area contributed by atoms with Crippen LogP contribution in [0.5, 0.6) is 5.75 Å². The minimum atomic E-state index is -0.158. The largest absolute Gasteiger partial charge is 0.494 e. The molecule has 176 valence electrons. The Hall–Kier alpha value is -3.80. The van der Waals surface area contributed by atoms with E-state index in [1.807, 2.05) is 60.4 Å². The molecule has 4 rings (SSSR count). The number of aryl methyl sites for hydroxylation is 1. The second-order valence-electron chi connectivity index (χ2n) is 8.29. The summed E-state index contributed by atoms with van der Waals surface area (Å²) in [7, 11) is 0. The lowest BCUT2D eigenvalue weighted by atomic mass is 10.1. The number of hydrogen-bond acceptors (Lipinski definition) is 4. The van der Waals surface area contributed by atoms with E-state index in [9.17, 15) is 9.59 Å². The molecule has 0 atom stereocenters. The van der Waals surface area contributed by atoms with Crippen molar-refractivity contribution in [2.24, 2.45) is 0 Å². The quantitative estimate of drug-likeness (QED) is 0.550. The third-order valence-electron chi connectivity index (χ3n) is 6.09. The zero-order valence-corrected chi connectivity index (χ0v) is 19.8. The number of hydrogen-bond donors (Lipinski definition) is 1. The summed E-state index contributed by atoms with van der Waals surface area (Å²) >= 11 is 0. The van der Waals surface area contributed by atoms with Crippen molar-refractivity contribution < 1.29 is 14.3 Å². The van der Waals surface area contributed by atoms with Crippen LogP contribution < -0.4 is 15.0 Å². The van der Waals surface area contributed by atoms with Gasteiger partial charge >= 0.3 is 0 Å². The third-order valence-corrected chi connectivity index (χ3v) is 6.09. The van der Waals surface area contributed by atoms with Gasteiger partial charge in [0.05, 0.1) is 6.61 Å². The molecule has 0 radical (unpaired) electrons. The summed E-state index contributed by atoms with van der Waals surface area (Å²) in [4.78, 5) is 29.5. The lowest BCUT2D eigenvalue weighted by Gasteiger charge is -2.36. The van der Waals surface area contributed by atoms with E-state index in [2.05, 4.69) is 17.1 Å². The maximum Gasteiger partial charge on any atom is 0.255 e. The highest BCUT2D eigenvalue weighted by atomic mass is 16.5. The summed E-state index contributed by atoms with van der Waals surface area (Å²) < 4.78 is 5.42. The standard InChI is InChI=1S/C28H31N3O3/c1-3-21-5-7-23(8-6-21)28(33)31-19-17-30(18-20-31)25-13-11-24(12-14-25)29-27(32)22-9-15-26(16-10-22)34-4-2/h5-16H,3-4,17-20H2,1-2H3,(H,29,32). The van der Waals surface area contributed by atoms with Crippen LogP contribution in [0.2, 0.25) is 0 Å². The minimum Gasteiger partial charge on any atom is -0.494 e. The molecule has 6 nitrogen and oxygen atoms in total. The second kappa shape index (κ2) is 10.9. The first-order valence-electron chi connectivity index (χ1n) is 11.8. The smallest absolute Gasteiger partial charge is 0.255 e. The molecule has 0 saturated carbocycles. The molecule has 1 saturated heterocycles. The number of piperazine rings is 1. The number of benzene rings is 3. The monoisotopic (exact) mass is 457 g/mol. The highest BCUT2D eigenvalue weighted by Gasteiger charge is 2.22. The second-order valence-corrected chi connectivity index (χ2v) is 8.29. The van der Waals surface area contributed by atoms with Crippen LogP contribution in [0.15, 0.2) is 72.8 Å². The Morgan fingerprint density at radius 3 is 2.00 bits per heavy atom. The van der Waals surface area contributed by atoms with Crippen LogP contribution in [-0.4, -0.2) is 49.5 Å². The van der Waals surface area contributed by atoms with Gasteiger partial charge < -0.3 is 19.9 Å². The highest BCUT2D eigenvalue weighted by Crippen LogP contribution is 2.21. The Bertz CT molecular complexity index is 1100. The maximum atomic E-state index is 12.8. The van der Waals surface area contributed by atoms with Crippen molar-refractivity contribution in [2.75, 3.05) is 43.0 Å². The van der Waals surface area contributed by atoms with Gasteiger partial charge in [-0.1, -0.05) is 19.1 Å². The van der Waals surface area contributed by atoms with Crippen molar-refractivity contribution in [3.63, 3.8) is 0 Å². The van der Waals surface area contributed by atoms with E-state index in [-0.39, 0.29) is 11.8 Å². The van der Waals surface area contributed by atoms with Gasteiger partial charge in [-0.3, -0.25) is 9.59 Å². The number of nitrogens with zero attached hydrogens (tertiary/aromatic N) is 2. The van der Waals surface area contributed by atoms with E-state index in [4.69, 9.17) is 4.74 Å². The number of nitrogens with one attached hydrogen (secondary N) is 1. The number of ether oxygens (including phenoxy) is 1. The predicted molar refractivity (Wildman–Crippen MR) is 136 cm³/mol. The van der Waals surface area contributed by atoms with Crippen molar-refractivity contribution >= 4 is 23.2 Å². The Labute approximate surface area is 201 Å². The number of anilines is 2. The third kappa shape index (κ3) is 5.57. The Kier molecular flexibility index (Phi) is 7.48. The van der Waals surface area contributed by atoms with Crippen LogP contribution >= 0.6 is 0 Å². The molecular formula is C28H31N3O3. The SMILES string of the molecule is CCOc1ccc(C(=O)Nc2ccc(N3CCN(C(=O)c4ccc(CC)cc4)CC3)cc2)cc1. The summed E-state index contributed by atoms with van der Waals surface area (Å²) in [5.41, 5.74) is 4.39. The Morgan fingerprint density at radius 1 is 0.794 bits per heavy atom. The van der Waals surface area contributed by atoms with Crippen LogP contribution in [0.25, 0.3) is 0 Å². The van der Waals surface area contributed by atoms with Gasteiger partial charge in [0.2, 0.25) is 0 Å². The van der Waals surface area contributed by atoms with Crippen molar-refractivity contribution in [2.45, 2.75) is 20.3 Å². The van der Waals surface area contributed by atoms with Crippen LogP contribution in [0.1, 0.15) is 40.1 Å². The van der Waals surface area contributed by atoms with Crippen LogP contribution in [-0.2, 0) is 6.42 Å². The molecule has 0 unspecified atom stereocenters. The molecule has 0 spiro atoms. The maximum absolute atomic E-state index is 12.8. The van der Waals surface area contributed by atoms with Gasteiger partial charge in [-0.2, -0.15) is 0 Å². The van der Waals surface area contributed by atoms with Gasteiger partial charge in [0.1, 0.15) is 5.75 Å². The van der Waals surface area contributed by atoms with Gasteiger partial charge in [0.15, 0.2) is 0 Å². The molecule has 1 fully saturated rings. The first-order chi connectivity index (χ1) is 16.6. The van der Waals surface area contributed by atoms with Gasteiger partial charge in [-0.05, 0) is 79.6 Å². The number of carbonyl (C=O) groups excluding carboxylic acids is 2. The molecule has 1 heterocycles. The first-order valence-corrected chi connectivity index (χ1v) is 11.8. The van der Waals surface area contributed by atoms with E-state index in [0.717, 1.165) is 42.2 Å². The topological polar surface area (TPSA) is 61.9 Å². The Balaban J connectivity index is 1.30. The van der Waals surface area contributed by atoms with Gasteiger partial charge in [0, 0.05) is 48.7 Å². The molecule has 0 aliphatic carbocycles. The zero-order chi connectivity index (χ0) is 23.9. The van der Waals surface area contributed by atoms with E-state index in [1.54, 1.807) is 24.3 Å². The van der Waals surface area contributed by atoms with Crippen LogP contribution in [0.3, 0.4) is 0 Å². The molecule has 2 amide bonds. The van der Waals surface area contributed by atoms with Crippen LogP contribution in [0, 0.1) is 0 Å². The van der Waals surface area contributed by atoms with Gasteiger partial charge in [-0.15, -0.1) is 0 Å². The molecule has 1 aliphatic heterocycles.